The lowest BCUT2D eigenvalue weighted by atomic mass is 9.90. The van der Waals surface area contributed by atoms with Crippen LogP contribution >= 0.6 is 0 Å². The van der Waals surface area contributed by atoms with E-state index in [1.807, 2.05) is 31.8 Å². The highest BCUT2D eigenvalue weighted by Crippen LogP contribution is 2.29. The van der Waals surface area contributed by atoms with Crippen molar-refractivity contribution < 1.29 is 9.90 Å². The molecule has 1 aliphatic rings. The van der Waals surface area contributed by atoms with Crippen LogP contribution in [-0.2, 0) is 11.8 Å². The summed E-state index contributed by atoms with van der Waals surface area (Å²) < 4.78 is 1.89. The average molecular weight is 308 g/mol. The van der Waals surface area contributed by atoms with E-state index in [1.165, 1.54) is 0 Å². The number of imidazole rings is 1. The molecule has 1 atom stereocenters. The minimum atomic E-state index is -0.491. The van der Waals surface area contributed by atoms with Gasteiger partial charge >= 0.3 is 0 Å². The molecule has 0 spiro atoms. The maximum atomic E-state index is 11.8. The Balaban J connectivity index is 1.76. The molecule has 0 saturated carbocycles. The molecule has 0 bridgehead atoms. The highest BCUT2D eigenvalue weighted by molar-refractivity contribution is 5.75. The molecule has 6 nitrogen and oxygen atoms in total. The Morgan fingerprint density at radius 1 is 1.50 bits per heavy atom. The van der Waals surface area contributed by atoms with Gasteiger partial charge in [-0.15, -0.1) is 0 Å². The van der Waals surface area contributed by atoms with E-state index in [0.29, 0.717) is 6.42 Å². The number of aliphatic hydroxyl groups excluding tert-OH is 1. The molecule has 1 aromatic heterocycles. The Morgan fingerprint density at radius 3 is 2.73 bits per heavy atom. The lowest BCUT2D eigenvalue weighted by Gasteiger charge is -2.34. The quantitative estimate of drug-likeness (QED) is 0.853. The van der Waals surface area contributed by atoms with Gasteiger partial charge in [0.15, 0.2) is 0 Å². The molecule has 124 valence electrons. The van der Waals surface area contributed by atoms with Gasteiger partial charge < -0.3 is 19.5 Å². The van der Waals surface area contributed by atoms with Crippen LogP contribution in [0.5, 0.6) is 0 Å². The number of hydrogen-bond donors (Lipinski definition) is 1. The van der Waals surface area contributed by atoms with Gasteiger partial charge in [-0.25, -0.2) is 4.98 Å². The number of rotatable bonds is 6. The number of aromatic nitrogens is 2. The summed E-state index contributed by atoms with van der Waals surface area (Å²) in [4.78, 5) is 20.2. The van der Waals surface area contributed by atoms with Crippen LogP contribution in [0.25, 0.3) is 0 Å². The van der Waals surface area contributed by atoms with Gasteiger partial charge in [0.2, 0.25) is 5.91 Å². The number of hydrogen-bond acceptors (Lipinski definition) is 4. The topological polar surface area (TPSA) is 61.6 Å². The second-order valence-corrected chi connectivity index (χ2v) is 6.18. The number of aryl methyl sites for hydroxylation is 1. The largest absolute Gasteiger partial charge is 0.385 e. The van der Waals surface area contributed by atoms with Crippen LogP contribution in [0.1, 0.15) is 38.1 Å². The summed E-state index contributed by atoms with van der Waals surface area (Å²) in [5.74, 6) is 1.21. The highest BCUT2D eigenvalue weighted by atomic mass is 16.3. The third-order valence-corrected chi connectivity index (χ3v) is 4.74. The molecule has 1 amide bonds. The summed E-state index contributed by atoms with van der Waals surface area (Å²) in [5.41, 5.74) is 0. The van der Waals surface area contributed by atoms with Gasteiger partial charge in [0.05, 0.1) is 0 Å². The Labute approximate surface area is 132 Å². The van der Waals surface area contributed by atoms with Gasteiger partial charge in [0, 0.05) is 46.0 Å². The fourth-order valence-electron chi connectivity index (χ4n) is 2.99. The number of piperidine rings is 1. The van der Waals surface area contributed by atoms with E-state index in [0.717, 1.165) is 44.8 Å². The monoisotopic (exact) mass is 308 g/mol. The fourth-order valence-corrected chi connectivity index (χ4v) is 2.99. The van der Waals surface area contributed by atoms with Crippen molar-refractivity contribution in [3.8, 4) is 0 Å². The Kier molecular flexibility index (Phi) is 5.97. The van der Waals surface area contributed by atoms with Crippen LogP contribution in [-0.4, -0.2) is 63.6 Å². The SMILES string of the molecule is CCN(C)C(=O)CCN1CCC(C(O)c2nccn2C)CC1. The molecule has 0 aromatic carbocycles. The Bertz CT molecular complexity index is 480. The van der Waals surface area contributed by atoms with Gasteiger partial charge in [-0.3, -0.25) is 4.79 Å². The third kappa shape index (κ3) is 4.08. The Morgan fingerprint density at radius 2 is 2.18 bits per heavy atom. The van der Waals surface area contributed by atoms with Gasteiger partial charge in [0.25, 0.3) is 0 Å². The summed E-state index contributed by atoms with van der Waals surface area (Å²) in [6.07, 6.45) is 5.58. The summed E-state index contributed by atoms with van der Waals surface area (Å²) >= 11 is 0. The first-order valence-corrected chi connectivity index (χ1v) is 8.14. The molecule has 2 rings (SSSR count). The van der Waals surface area contributed by atoms with Crippen molar-refractivity contribution in [1.29, 1.82) is 0 Å². The zero-order valence-electron chi connectivity index (χ0n) is 13.9. The molecular weight excluding hydrogens is 280 g/mol. The number of amides is 1. The molecule has 0 radical (unpaired) electrons. The van der Waals surface area contributed by atoms with E-state index in [2.05, 4.69) is 9.88 Å². The smallest absolute Gasteiger partial charge is 0.223 e. The second-order valence-electron chi connectivity index (χ2n) is 6.18. The average Bonchev–Trinajstić information content (AvgIpc) is 2.97. The zero-order valence-corrected chi connectivity index (χ0v) is 13.9. The molecule has 2 heterocycles. The number of likely N-dealkylation sites (tertiary alicyclic amines) is 1. The number of aliphatic hydroxyl groups is 1. The van der Waals surface area contributed by atoms with Crippen LogP contribution in [0.3, 0.4) is 0 Å². The lowest BCUT2D eigenvalue weighted by Crippen LogP contribution is -2.38. The molecule has 1 saturated heterocycles. The number of carbonyl (C=O) groups is 1. The summed E-state index contributed by atoms with van der Waals surface area (Å²) in [6.45, 7) is 5.44. The van der Waals surface area contributed by atoms with E-state index >= 15 is 0 Å². The first kappa shape index (κ1) is 17.0. The molecule has 1 aromatic rings. The predicted octanol–water partition coefficient (Wildman–Crippen LogP) is 1.03. The lowest BCUT2D eigenvalue weighted by molar-refractivity contribution is -0.130. The van der Waals surface area contributed by atoms with Gasteiger partial charge in [-0.05, 0) is 38.8 Å². The summed E-state index contributed by atoms with van der Waals surface area (Å²) in [6, 6.07) is 0. The first-order valence-electron chi connectivity index (χ1n) is 8.14. The minimum Gasteiger partial charge on any atom is -0.385 e. The maximum absolute atomic E-state index is 11.8. The van der Waals surface area contributed by atoms with Crippen LogP contribution in [0.4, 0.5) is 0 Å². The van der Waals surface area contributed by atoms with Crippen molar-refractivity contribution in [2.24, 2.45) is 13.0 Å². The standard InChI is InChI=1S/C16H28N4O2/c1-4-18(2)14(21)7-11-20-9-5-13(6-10-20)15(22)16-17-8-12-19(16)3/h8,12-13,15,22H,4-7,9-11H2,1-3H3. The minimum absolute atomic E-state index is 0.206. The summed E-state index contributed by atoms with van der Waals surface area (Å²) in [7, 11) is 3.76. The summed E-state index contributed by atoms with van der Waals surface area (Å²) in [5, 5.41) is 10.5. The van der Waals surface area contributed by atoms with Crippen molar-refractivity contribution in [2.45, 2.75) is 32.3 Å². The fraction of sp³-hybridized carbons (Fsp3) is 0.750. The molecule has 6 heteroatoms. The molecule has 1 unspecified atom stereocenters. The van der Waals surface area contributed by atoms with E-state index < -0.39 is 6.10 Å². The molecule has 1 N–H and O–H groups in total. The number of carbonyl (C=O) groups excluding carboxylic acids is 1. The van der Waals surface area contributed by atoms with Crippen molar-refractivity contribution in [2.75, 3.05) is 33.2 Å². The van der Waals surface area contributed by atoms with E-state index in [9.17, 15) is 9.90 Å². The van der Waals surface area contributed by atoms with Crippen LogP contribution < -0.4 is 0 Å². The molecular formula is C16H28N4O2. The molecule has 1 fully saturated rings. The van der Waals surface area contributed by atoms with Crippen LogP contribution in [0, 0.1) is 5.92 Å². The molecule has 22 heavy (non-hydrogen) atoms. The highest BCUT2D eigenvalue weighted by Gasteiger charge is 2.28. The van der Waals surface area contributed by atoms with E-state index in [1.54, 1.807) is 11.1 Å². The van der Waals surface area contributed by atoms with Gasteiger partial charge in [-0.1, -0.05) is 0 Å². The third-order valence-electron chi connectivity index (χ3n) is 4.74. The first-order chi connectivity index (χ1) is 10.5. The maximum Gasteiger partial charge on any atom is 0.223 e. The molecule has 0 aliphatic carbocycles. The van der Waals surface area contributed by atoms with Gasteiger partial charge in [-0.2, -0.15) is 0 Å². The van der Waals surface area contributed by atoms with Crippen LogP contribution in [0.2, 0.25) is 0 Å². The van der Waals surface area contributed by atoms with Gasteiger partial charge in [0.1, 0.15) is 11.9 Å². The molecule has 1 aliphatic heterocycles. The predicted molar refractivity (Wildman–Crippen MR) is 85.3 cm³/mol. The second kappa shape index (κ2) is 7.74. The zero-order chi connectivity index (χ0) is 16.1. The normalized spacial score (nSPS) is 18.4. The van der Waals surface area contributed by atoms with Crippen molar-refractivity contribution in [1.82, 2.24) is 19.4 Å². The van der Waals surface area contributed by atoms with Crippen molar-refractivity contribution in [3.05, 3.63) is 18.2 Å². The van der Waals surface area contributed by atoms with Crippen LogP contribution in [0.15, 0.2) is 12.4 Å². The van der Waals surface area contributed by atoms with Crippen molar-refractivity contribution >= 4 is 5.91 Å². The number of nitrogens with zero attached hydrogens (tertiary/aromatic N) is 4. The van der Waals surface area contributed by atoms with Crippen molar-refractivity contribution in [3.63, 3.8) is 0 Å². The van der Waals surface area contributed by atoms with E-state index in [4.69, 9.17) is 0 Å². The van der Waals surface area contributed by atoms with E-state index in [-0.39, 0.29) is 11.8 Å². The Hall–Kier alpha value is -1.40.